The third-order valence-corrected chi connectivity index (χ3v) is 5.91. The molecule has 0 heterocycles. The molecule has 0 spiro atoms. The fourth-order valence-corrected chi connectivity index (χ4v) is 3.80. The van der Waals surface area contributed by atoms with Crippen molar-refractivity contribution in [3.8, 4) is 0 Å². The van der Waals surface area contributed by atoms with Crippen LogP contribution in [0.3, 0.4) is 0 Å². The van der Waals surface area contributed by atoms with E-state index in [2.05, 4.69) is 85.1 Å². The van der Waals surface area contributed by atoms with Gasteiger partial charge in [-0.15, -0.1) is 0 Å². The molecule has 1 unspecified atom stereocenters. The molecule has 1 aliphatic carbocycles. The zero-order valence-electron chi connectivity index (χ0n) is 14.5. The summed E-state index contributed by atoms with van der Waals surface area (Å²) in [5, 5.41) is 3.55. The van der Waals surface area contributed by atoms with Gasteiger partial charge in [-0.2, -0.15) is 0 Å². The zero-order valence-corrected chi connectivity index (χ0v) is 14.5. The number of nitrogens with one attached hydrogen (secondary N) is 1. The lowest BCUT2D eigenvalue weighted by Gasteiger charge is -2.23. The number of hydrogen-bond donors (Lipinski definition) is 1. The van der Waals surface area contributed by atoms with Crippen LogP contribution in [0.1, 0.15) is 65.6 Å². The third kappa shape index (κ3) is 2.30. The Balaban J connectivity index is 2.27. The lowest BCUT2D eigenvalue weighted by molar-refractivity contribution is 0.437. The normalized spacial score (nSPS) is 22.6. The average molecular weight is 273 g/mol. The predicted molar refractivity (Wildman–Crippen MR) is 88.0 cm³/mol. The van der Waals surface area contributed by atoms with Crippen molar-refractivity contribution in [3.05, 3.63) is 35.4 Å². The summed E-state index contributed by atoms with van der Waals surface area (Å²) in [7, 11) is 2.09. The molecule has 1 saturated carbocycles. The van der Waals surface area contributed by atoms with Gasteiger partial charge in [-0.3, -0.25) is 0 Å². The van der Waals surface area contributed by atoms with Gasteiger partial charge in [0.05, 0.1) is 0 Å². The summed E-state index contributed by atoms with van der Waals surface area (Å²) in [5.41, 5.74) is 3.87. The smallest absolute Gasteiger partial charge is 0.0356 e. The van der Waals surface area contributed by atoms with Gasteiger partial charge in [0.25, 0.3) is 0 Å². The Bertz CT molecular complexity index is 459. The summed E-state index contributed by atoms with van der Waals surface area (Å²) in [6, 6.07) is 9.66. The van der Waals surface area contributed by atoms with Crippen molar-refractivity contribution in [2.24, 2.45) is 16.7 Å². The minimum Gasteiger partial charge on any atom is -0.313 e. The molecular weight excluding hydrogens is 242 g/mol. The molecule has 1 aromatic rings. The van der Waals surface area contributed by atoms with Crippen LogP contribution in [-0.4, -0.2) is 7.05 Å². The Kier molecular flexibility index (Phi) is 3.57. The van der Waals surface area contributed by atoms with Crippen molar-refractivity contribution in [2.45, 2.75) is 59.9 Å². The molecule has 0 radical (unpaired) electrons. The highest BCUT2D eigenvalue weighted by Crippen LogP contribution is 2.72. The Morgan fingerprint density at radius 3 is 1.70 bits per heavy atom. The lowest BCUT2D eigenvalue weighted by Crippen LogP contribution is -2.21. The summed E-state index contributed by atoms with van der Waals surface area (Å²) in [6.45, 7) is 16.4. The molecule has 0 bridgehead atoms. The van der Waals surface area contributed by atoms with Crippen LogP contribution < -0.4 is 5.32 Å². The fraction of sp³-hybridized carbons (Fsp3) is 0.684. The molecule has 1 aliphatic rings. The minimum absolute atomic E-state index is 0.228. The highest BCUT2D eigenvalue weighted by atomic mass is 14.9. The zero-order chi connectivity index (χ0) is 15.3. The lowest BCUT2D eigenvalue weighted by atomic mass is 9.85. The third-order valence-electron chi connectivity index (χ3n) is 5.91. The Hall–Kier alpha value is -0.820. The number of rotatable bonds is 3. The molecular formula is C19H31N. The highest BCUT2D eigenvalue weighted by molar-refractivity contribution is 5.32. The molecule has 1 aromatic carbocycles. The van der Waals surface area contributed by atoms with Gasteiger partial charge in [-0.25, -0.2) is 0 Å². The van der Waals surface area contributed by atoms with E-state index >= 15 is 0 Å². The van der Waals surface area contributed by atoms with E-state index in [0.29, 0.717) is 22.8 Å². The molecule has 2 rings (SSSR count). The second-order valence-electron chi connectivity index (χ2n) is 8.56. The molecule has 112 valence electrons. The number of hydrogen-bond acceptors (Lipinski definition) is 1. The van der Waals surface area contributed by atoms with Gasteiger partial charge in [0.2, 0.25) is 0 Å². The first kappa shape index (κ1) is 15.6. The van der Waals surface area contributed by atoms with Crippen LogP contribution in [0.5, 0.6) is 0 Å². The van der Waals surface area contributed by atoms with Crippen molar-refractivity contribution in [3.63, 3.8) is 0 Å². The summed E-state index contributed by atoms with van der Waals surface area (Å²) in [5.74, 6) is 0.695. The molecule has 20 heavy (non-hydrogen) atoms. The summed E-state index contributed by atoms with van der Waals surface area (Å²) in [6.07, 6.45) is 0. The molecule has 1 fully saturated rings. The van der Waals surface area contributed by atoms with E-state index in [1.54, 1.807) is 0 Å². The van der Waals surface area contributed by atoms with Gasteiger partial charge in [0.15, 0.2) is 0 Å². The van der Waals surface area contributed by atoms with Crippen molar-refractivity contribution in [2.75, 3.05) is 7.05 Å². The van der Waals surface area contributed by atoms with Gasteiger partial charge in [-0.1, -0.05) is 72.7 Å². The van der Waals surface area contributed by atoms with E-state index in [-0.39, 0.29) is 5.41 Å². The Morgan fingerprint density at radius 1 is 0.950 bits per heavy atom. The van der Waals surface area contributed by atoms with Crippen LogP contribution in [0.25, 0.3) is 0 Å². The van der Waals surface area contributed by atoms with Gasteiger partial charge < -0.3 is 5.32 Å². The van der Waals surface area contributed by atoms with Crippen molar-refractivity contribution < 1.29 is 0 Å². The van der Waals surface area contributed by atoms with E-state index in [4.69, 9.17) is 0 Å². The Morgan fingerprint density at radius 2 is 1.40 bits per heavy atom. The van der Waals surface area contributed by atoms with Gasteiger partial charge >= 0.3 is 0 Å². The monoisotopic (exact) mass is 273 g/mol. The van der Waals surface area contributed by atoms with Gasteiger partial charge in [0.1, 0.15) is 0 Å². The minimum atomic E-state index is 0.228. The molecule has 1 nitrogen and oxygen atoms in total. The maximum Gasteiger partial charge on any atom is 0.0356 e. The second-order valence-corrected chi connectivity index (χ2v) is 8.56. The summed E-state index contributed by atoms with van der Waals surface area (Å²) in [4.78, 5) is 0. The van der Waals surface area contributed by atoms with Crippen LogP contribution in [0, 0.1) is 16.7 Å². The fourth-order valence-electron chi connectivity index (χ4n) is 3.80. The summed E-state index contributed by atoms with van der Waals surface area (Å²) < 4.78 is 0. The topological polar surface area (TPSA) is 12.0 Å². The van der Waals surface area contributed by atoms with Crippen molar-refractivity contribution in [1.82, 2.24) is 5.32 Å². The molecule has 0 amide bonds. The predicted octanol–water partition coefficient (Wildman–Crippen LogP) is 4.93. The van der Waals surface area contributed by atoms with Gasteiger partial charge in [-0.05, 0) is 40.3 Å². The van der Waals surface area contributed by atoms with E-state index in [0.717, 1.165) is 0 Å². The maximum absolute atomic E-state index is 3.55. The average Bonchev–Trinajstić information content (AvgIpc) is 2.73. The standard InChI is InChI=1S/C19H31N/c1-17(2,3)14-11-9-13(10-12-14)15(20-8)16-18(4,5)19(16,6)7/h9-12,15-16,20H,1-8H3. The molecule has 0 aromatic heterocycles. The quantitative estimate of drug-likeness (QED) is 0.823. The van der Waals surface area contributed by atoms with Crippen LogP contribution in [0.15, 0.2) is 24.3 Å². The molecule has 1 heteroatoms. The van der Waals surface area contributed by atoms with Gasteiger partial charge in [0, 0.05) is 6.04 Å². The van der Waals surface area contributed by atoms with Crippen LogP contribution >= 0.6 is 0 Å². The first-order valence-corrected chi connectivity index (χ1v) is 7.81. The van der Waals surface area contributed by atoms with E-state index < -0.39 is 0 Å². The molecule has 1 atom stereocenters. The van der Waals surface area contributed by atoms with Crippen molar-refractivity contribution >= 4 is 0 Å². The largest absolute Gasteiger partial charge is 0.313 e. The van der Waals surface area contributed by atoms with Crippen LogP contribution in [0.2, 0.25) is 0 Å². The summed E-state index contributed by atoms with van der Waals surface area (Å²) >= 11 is 0. The SMILES string of the molecule is CNC(c1ccc(C(C)(C)C)cc1)C1C(C)(C)C1(C)C. The Labute approximate surface area is 125 Å². The highest BCUT2D eigenvalue weighted by Gasteiger charge is 2.67. The molecule has 1 N–H and O–H groups in total. The van der Waals surface area contributed by atoms with Crippen molar-refractivity contribution in [1.29, 1.82) is 0 Å². The second kappa shape index (κ2) is 4.59. The first-order valence-electron chi connectivity index (χ1n) is 7.81. The van der Waals surface area contributed by atoms with E-state index in [9.17, 15) is 0 Å². The first-order chi connectivity index (χ1) is 9.03. The van der Waals surface area contributed by atoms with E-state index in [1.165, 1.54) is 11.1 Å². The number of benzene rings is 1. The van der Waals surface area contributed by atoms with Crippen LogP contribution in [0.4, 0.5) is 0 Å². The molecule has 0 saturated heterocycles. The van der Waals surface area contributed by atoms with Crippen LogP contribution in [-0.2, 0) is 5.41 Å². The molecule has 0 aliphatic heterocycles. The maximum atomic E-state index is 3.55. The van der Waals surface area contributed by atoms with E-state index in [1.807, 2.05) is 0 Å².